The number of fused-ring (bicyclic) bond motifs is 1. The highest BCUT2D eigenvalue weighted by Gasteiger charge is 2.26. The number of carbonyl (C=O) groups excluding carboxylic acids is 1. The van der Waals surface area contributed by atoms with E-state index in [0.29, 0.717) is 18.7 Å². The summed E-state index contributed by atoms with van der Waals surface area (Å²) in [5.41, 5.74) is 4.23. The van der Waals surface area contributed by atoms with E-state index in [1.54, 1.807) is 32.4 Å². The Hall–Kier alpha value is -3.01. The number of benzene rings is 1. The minimum atomic E-state index is -0.899. The van der Waals surface area contributed by atoms with Crippen LogP contribution in [0.5, 0.6) is 0 Å². The molecule has 4 rings (SSSR count). The predicted molar refractivity (Wildman–Crippen MR) is 138 cm³/mol. The molecule has 0 bridgehead atoms. The van der Waals surface area contributed by atoms with Crippen LogP contribution in [0.1, 0.15) is 44.7 Å². The number of aliphatic hydroxyl groups excluding tert-OH is 1. The SMILES string of the molecule is Cc1cc(-c2nc3ccc(CNC(C(=O)OC(C)C)C(C)O)cc3n2C[C@@H]2CCCO2)cn(C)c1=O. The zero-order chi connectivity index (χ0) is 26.0. The lowest BCUT2D eigenvalue weighted by Crippen LogP contribution is -2.46. The molecule has 1 aliphatic heterocycles. The molecule has 0 amide bonds. The fourth-order valence-corrected chi connectivity index (χ4v) is 4.66. The third-order valence-corrected chi connectivity index (χ3v) is 6.46. The second kappa shape index (κ2) is 10.9. The fourth-order valence-electron chi connectivity index (χ4n) is 4.66. The van der Waals surface area contributed by atoms with E-state index in [-0.39, 0.29) is 17.8 Å². The van der Waals surface area contributed by atoms with Crippen molar-refractivity contribution in [3.63, 3.8) is 0 Å². The van der Waals surface area contributed by atoms with Crippen LogP contribution in [0.15, 0.2) is 35.3 Å². The summed E-state index contributed by atoms with van der Waals surface area (Å²) in [5.74, 6) is 0.309. The maximum Gasteiger partial charge on any atom is 0.326 e. The van der Waals surface area contributed by atoms with Gasteiger partial charge in [0.25, 0.3) is 5.56 Å². The van der Waals surface area contributed by atoms with Crippen molar-refractivity contribution in [2.75, 3.05) is 6.61 Å². The molecule has 2 aromatic heterocycles. The molecule has 0 radical (unpaired) electrons. The second-order valence-corrected chi connectivity index (χ2v) is 9.92. The Balaban J connectivity index is 1.69. The summed E-state index contributed by atoms with van der Waals surface area (Å²) in [4.78, 5) is 29.6. The van der Waals surface area contributed by atoms with E-state index >= 15 is 0 Å². The van der Waals surface area contributed by atoms with Crippen LogP contribution in [0.2, 0.25) is 0 Å². The average Bonchev–Trinajstić information content (AvgIpc) is 3.45. The van der Waals surface area contributed by atoms with Gasteiger partial charge in [-0.1, -0.05) is 6.07 Å². The van der Waals surface area contributed by atoms with Gasteiger partial charge in [-0.3, -0.25) is 14.9 Å². The number of aliphatic hydroxyl groups is 1. The molecule has 194 valence electrons. The standard InChI is InChI=1S/C27H36N4O5/c1-16(2)36-27(34)24(18(4)32)28-13-19-8-9-22-23(12-19)31(15-21-7-6-10-35-21)25(29-22)20-11-17(3)26(33)30(5)14-20/h8-9,11-12,14,16,18,21,24,28,32H,6-7,10,13,15H2,1-5H3/t18?,21-,24?/m0/s1. The zero-order valence-electron chi connectivity index (χ0n) is 21.7. The third-order valence-electron chi connectivity index (χ3n) is 6.46. The number of pyridine rings is 1. The Bertz CT molecular complexity index is 1260. The van der Waals surface area contributed by atoms with E-state index in [1.807, 2.05) is 31.3 Å². The van der Waals surface area contributed by atoms with Gasteiger partial charge in [-0.05, 0) is 64.3 Å². The first-order valence-electron chi connectivity index (χ1n) is 12.5. The summed E-state index contributed by atoms with van der Waals surface area (Å²) in [6.45, 7) is 8.73. The summed E-state index contributed by atoms with van der Waals surface area (Å²) < 4.78 is 15.0. The predicted octanol–water partition coefficient (Wildman–Crippen LogP) is 2.68. The van der Waals surface area contributed by atoms with Crippen LogP contribution in [0.3, 0.4) is 0 Å². The van der Waals surface area contributed by atoms with Crippen molar-refractivity contribution in [1.29, 1.82) is 0 Å². The Labute approximate surface area is 211 Å². The van der Waals surface area contributed by atoms with Crippen LogP contribution < -0.4 is 10.9 Å². The largest absolute Gasteiger partial charge is 0.462 e. The molecule has 3 aromatic rings. The number of hydrogen-bond acceptors (Lipinski definition) is 7. The summed E-state index contributed by atoms with van der Waals surface area (Å²) in [6, 6.07) is 7.02. The van der Waals surface area contributed by atoms with Gasteiger partial charge in [-0.2, -0.15) is 0 Å². The molecule has 9 nitrogen and oxygen atoms in total. The van der Waals surface area contributed by atoms with E-state index in [0.717, 1.165) is 47.4 Å². The molecule has 2 unspecified atom stereocenters. The number of imidazole rings is 1. The number of nitrogens with one attached hydrogen (secondary N) is 1. The number of aromatic nitrogens is 3. The first-order valence-corrected chi connectivity index (χ1v) is 12.5. The lowest BCUT2D eigenvalue weighted by atomic mass is 10.1. The number of rotatable bonds is 9. The van der Waals surface area contributed by atoms with E-state index in [4.69, 9.17) is 14.5 Å². The van der Waals surface area contributed by atoms with Crippen LogP contribution in [0.25, 0.3) is 22.4 Å². The average molecular weight is 497 g/mol. The maximum absolute atomic E-state index is 12.4. The van der Waals surface area contributed by atoms with Crippen LogP contribution in [0, 0.1) is 6.92 Å². The normalized spacial score (nSPS) is 17.6. The molecule has 0 saturated carbocycles. The van der Waals surface area contributed by atoms with Gasteiger partial charge in [-0.25, -0.2) is 4.98 Å². The Morgan fingerprint density at radius 3 is 2.72 bits per heavy atom. The number of ether oxygens (including phenoxy) is 2. The molecule has 1 aliphatic rings. The van der Waals surface area contributed by atoms with Crippen molar-refractivity contribution in [2.45, 2.75) is 78.0 Å². The van der Waals surface area contributed by atoms with Crippen LogP contribution >= 0.6 is 0 Å². The summed E-state index contributed by atoms with van der Waals surface area (Å²) >= 11 is 0. The first-order chi connectivity index (χ1) is 17.1. The maximum atomic E-state index is 12.4. The topological polar surface area (TPSA) is 108 Å². The minimum Gasteiger partial charge on any atom is -0.462 e. The van der Waals surface area contributed by atoms with Gasteiger partial charge in [0.1, 0.15) is 11.9 Å². The van der Waals surface area contributed by atoms with Crippen LogP contribution in [0.4, 0.5) is 0 Å². The number of carbonyl (C=O) groups is 1. The highest BCUT2D eigenvalue weighted by Crippen LogP contribution is 2.28. The molecule has 1 saturated heterocycles. The van der Waals surface area contributed by atoms with Gasteiger partial charge in [0.15, 0.2) is 0 Å². The number of aryl methyl sites for hydroxylation is 2. The van der Waals surface area contributed by atoms with E-state index in [1.165, 1.54) is 0 Å². The highest BCUT2D eigenvalue weighted by molar-refractivity contribution is 5.81. The molecule has 1 aromatic carbocycles. The lowest BCUT2D eigenvalue weighted by Gasteiger charge is -2.21. The zero-order valence-corrected chi connectivity index (χ0v) is 21.7. The monoisotopic (exact) mass is 496 g/mol. The van der Waals surface area contributed by atoms with Gasteiger partial charge in [0.05, 0.1) is 35.9 Å². The third kappa shape index (κ3) is 5.69. The molecule has 1 fully saturated rings. The molecule has 0 aliphatic carbocycles. The summed E-state index contributed by atoms with van der Waals surface area (Å²) in [5, 5.41) is 13.3. The van der Waals surface area contributed by atoms with Crippen molar-refractivity contribution in [3.8, 4) is 11.4 Å². The van der Waals surface area contributed by atoms with Gasteiger partial charge in [0, 0.05) is 37.5 Å². The molecular weight excluding hydrogens is 460 g/mol. The van der Waals surface area contributed by atoms with Gasteiger partial charge >= 0.3 is 5.97 Å². The second-order valence-electron chi connectivity index (χ2n) is 9.92. The molecule has 3 heterocycles. The summed E-state index contributed by atoms with van der Waals surface area (Å²) in [6.07, 6.45) is 2.78. The highest BCUT2D eigenvalue weighted by atomic mass is 16.5. The van der Waals surface area contributed by atoms with Crippen molar-refractivity contribution in [1.82, 2.24) is 19.4 Å². The number of nitrogens with zero attached hydrogens (tertiary/aromatic N) is 3. The molecular formula is C27H36N4O5. The van der Waals surface area contributed by atoms with Crippen molar-refractivity contribution in [3.05, 3.63) is 51.9 Å². The Morgan fingerprint density at radius 2 is 2.08 bits per heavy atom. The van der Waals surface area contributed by atoms with Gasteiger partial charge in [0.2, 0.25) is 0 Å². The molecule has 2 N–H and O–H groups in total. The summed E-state index contributed by atoms with van der Waals surface area (Å²) in [7, 11) is 1.75. The van der Waals surface area contributed by atoms with Gasteiger partial charge < -0.3 is 23.7 Å². The molecule has 0 spiro atoms. The Kier molecular flexibility index (Phi) is 7.92. The number of hydrogen-bond donors (Lipinski definition) is 2. The van der Waals surface area contributed by atoms with Crippen molar-refractivity contribution in [2.24, 2.45) is 7.05 Å². The van der Waals surface area contributed by atoms with Gasteiger partial charge in [-0.15, -0.1) is 0 Å². The Morgan fingerprint density at radius 1 is 1.31 bits per heavy atom. The molecule has 9 heteroatoms. The smallest absolute Gasteiger partial charge is 0.326 e. The molecule has 3 atom stereocenters. The van der Waals surface area contributed by atoms with E-state index < -0.39 is 18.1 Å². The van der Waals surface area contributed by atoms with Crippen LogP contribution in [-0.2, 0) is 34.4 Å². The van der Waals surface area contributed by atoms with E-state index in [2.05, 4.69) is 16.0 Å². The van der Waals surface area contributed by atoms with Crippen molar-refractivity contribution < 1.29 is 19.4 Å². The lowest BCUT2D eigenvalue weighted by molar-refractivity contribution is -0.152. The van der Waals surface area contributed by atoms with Crippen molar-refractivity contribution >= 4 is 17.0 Å². The quantitative estimate of drug-likeness (QED) is 0.439. The minimum absolute atomic E-state index is 0.0300. The van der Waals surface area contributed by atoms with Crippen LogP contribution in [-0.4, -0.2) is 56.2 Å². The fraction of sp³-hybridized carbons (Fsp3) is 0.519. The first kappa shape index (κ1) is 26.1. The van der Waals surface area contributed by atoms with E-state index in [9.17, 15) is 14.7 Å². The molecule has 36 heavy (non-hydrogen) atoms. The number of esters is 1.